The molecule has 0 radical (unpaired) electrons. The Kier molecular flexibility index (Phi) is 7.09. The lowest BCUT2D eigenvalue weighted by molar-refractivity contribution is -0.125. The number of carbonyl (C=O) groups excluding carboxylic acids is 2. The molecule has 3 aromatic rings. The number of oxime groups is 1. The topological polar surface area (TPSA) is 55.7 Å². The monoisotopic (exact) mass is 415 g/mol. The van der Waals surface area contributed by atoms with Gasteiger partial charge in [-0.2, -0.15) is 0 Å². The average molecular weight is 416 g/mol. The number of Topliss-reactive ketones (excluding diaryl/α,β-unsaturated/α-hetero) is 2. The molecule has 0 spiro atoms. The summed E-state index contributed by atoms with van der Waals surface area (Å²) in [6, 6.07) is 30.3. The molecule has 4 nitrogen and oxygen atoms in total. The molecule has 0 aliphatic rings. The second-order valence-electron chi connectivity index (χ2n) is 7.29. The summed E-state index contributed by atoms with van der Waals surface area (Å²) in [7, 11) is -2.94. The molecule has 0 saturated heterocycles. The summed E-state index contributed by atoms with van der Waals surface area (Å²) < 4.78 is 6.45. The minimum Gasteiger partial charge on any atom is -0.438 e. The van der Waals surface area contributed by atoms with Crippen molar-refractivity contribution in [3.63, 3.8) is 0 Å². The first-order valence-electron chi connectivity index (χ1n) is 9.91. The van der Waals surface area contributed by atoms with Crippen molar-refractivity contribution in [1.82, 2.24) is 0 Å². The fraction of sp³-hybridized carbons (Fsp3) is 0.160. The van der Waals surface area contributed by atoms with Crippen LogP contribution < -0.4 is 15.6 Å². The highest BCUT2D eigenvalue weighted by Crippen LogP contribution is 2.11. The van der Waals surface area contributed by atoms with Crippen LogP contribution in [-0.4, -0.2) is 25.6 Å². The normalized spacial score (nSPS) is 11.7. The van der Waals surface area contributed by atoms with Gasteiger partial charge >= 0.3 is 8.32 Å². The summed E-state index contributed by atoms with van der Waals surface area (Å²) in [5.74, 6) is -0.297. The van der Waals surface area contributed by atoms with Gasteiger partial charge in [0.2, 0.25) is 0 Å². The van der Waals surface area contributed by atoms with Crippen molar-refractivity contribution < 1.29 is 14.1 Å². The van der Waals surface area contributed by atoms with Gasteiger partial charge in [0.25, 0.3) is 0 Å². The van der Waals surface area contributed by atoms with E-state index in [1.54, 1.807) is 6.92 Å². The predicted molar refractivity (Wildman–Crippen MR) is 123 cm³/mol. The third kappa shape index (κ3) is 4.99. The molecular formula is C25H25NO3Si. The van der Waals surface area contributed by atoms with Crippen molar-refractivity contribution in [1.29, 1.82) is 0 Å². The molecule has 0 aliphatic heterocycles. The molecule has 3 aromatic carbocycles. The van der Waals surface area contributed by atoms with Crippen LogP contribution in [0.15, 0.2) is 96.2 Å². The third-order valence-electron chi connectivity index (χ3n) is 4.78. The van der Waals surface area contributed by atoms with Gasteiger partial charge in [-0.05, 0) is 29.4 Å². The van der Waals surface area contributed by atoms with Crippen LogP contribution in [0.1, 0.15) is 26.7 Å². The molecule has 5 heteroatoms. The molecule has 152 valence electrons. The van der Waals surface area contributed by atoms with Crippen molar-refractivity contribution in [3.05, 3.63) is 91.0 Å². The SMILES string of the molecule is CC(=O)CC(=O)CC(C)=NO[Si](c1ccccc1)(c1ccccc1)c1ccccc1. The number of carbonyl (C=O) groups is 2. The zero-order valence-corrected chi connectivity index (χ0v) is 18.2. The number of nitrogens with zero attached hydrogens (tertiary/aromatic N) is 1. The Morgan fingerprint density at radius 1 is 0.700 bits per heavy atom. The Balaban J connectivity index is 2.09. The number of hydrogen-bond acceptors (Lipinski definition) is 4. The average Bonchev–Trinajstić information content (AvgIpc) is 2.76. The highest BCUT2D eigenvalue weighted by atomic mass is 28.4. The Morgan fingerprint density at radius 2 is 1.10 bits per heavy atom. The van der Waals surface area contributed by atoms with Crippen LogP contribution in [0, 0.1) is 0 Å². The van der Waals surface area contributed by atoms with E-state index in [1.807, 2.05) is 54.6 Å². The van der Waals surface area contributed by atoms with E-state index in [-0.39, 0.29) is 24.4 Å². The summed E-state index contributed by atoms with van der Waals surface area (Å²) in [4.78, 5) is 23.3. The van der Waals surface area contributed by atoms with Crippen molar-refractivity contribution >= 4 is 41.2 Å². The lowest BCUT2D eigenvalue weighted by atomic mass is 10.1. The molecule has 0 fully saturated rings. The standard InChI is InChI=1S/C25H25NO3Si/c1-20(18-22(28)19-21(2)27)26-29-30(23-12-6-3-7-13-23,24-14-8-4-9-15-24)25-16-10-5-11-17-25/h3-17H,18-19H2,1-2H3. The first kappa shape index (κ1) is 21.4. The number of rotatable bonds is 9. The summed E-state index contributed by atoms with van der Waals surface area (Å²) in [5.41, 5.74) is 0.556. The maximum absolute atomic E-state index is 12.1. The quantitative estimate of drug-likeness (QED) is 0.177. The largest absolute Gasteiger partial charge is 0.438 e. The second-order valence-corrected chi connectivity index (χ2v) is 10.6. The van der Waals surface area contributed by atoms with E-state index in [2.05, 4.69) is 41.6 Å². The van der Waals surface area contributed by atoms with Crippen molar-refractivity contribution in [3.8, 4) is 0 Å². The lowest BCUT2D eigenvalue weighted by Gasteiger charge is -2.30. The number of hydrogen-bond donors (Lipinski definition) is 0. The molecule has 0 bridgehead atoms. The van der Waals surface area contributed by atoms with Crippen molar-refractivity contribution in [2.75, 3.05) is 0 Å². The van der Waals surface area contributed by atoms with Crippen LogP contribution in [0.5, 0.6) is 0 Å². The van der Waals surface area contributed by atoms with Gasteiger partial charge in [0.05, 0.1) is 12.1 Å². The Morgan fingerprint density at radius 3 is 1.47 bits per heavy atom. The second kappa shape index (κ2) is 9.94. The van der Waals surface area contributed by atoms with Crippen LogP contribution >= 0.6 is 0 Å². The number of ketones is 2. The minimum absolute atomic E-state index is 0.0779. The van der Waals surface area contributed by atoms with Gasteiger partial charge in [-0.1, -0.05) is 91.0 Å². The summed E-state index contributed by atoms with van der Waals surface area (Å²) in [6.07, 6.45) is 0.0217. The Labute approximate surface area is 178 Å². The Hall–Kier alpha value is -3.31. The molecule has 0 N–H and O–H groups in total. The molecule has 30 heavy (non-hydrogen) atoms. The highest BCUT2D eigenvalue weighted by Gasteiger charge is 2.44. The summed E-state index contributed by atoms with van der Waals surface area (Å²) >= 11 is 0. The predicted octanol–water partition coefficient (Wildman–Crippen LogP) is 2.98. The molecule has 3 rings (SSSR count). The van der Waals surface area contributed by atoms with Crippen LogP contribution in [0.4, 0.5) is 0 Å². The van der Waals surface area contributed by atoms with Gasteiger partial charge in [0, 0.05) is 6.42 Å². The first-order valence-corrected chi connectivity index (χ1v) is 11.8. The molecule has 0 unspecified atom stereocenters. The molecule has 0 aliphatic carbocycles. The minimum atomic E-state index is -2.94. The van der Waals surface area contributed by atoms with E-state index < -0.39 is 8.32 Å². The fourth-order valence-electron chi connectivity index (χ4n) is 3.48. The first-order chi connectivity index (χ1) is 14.5. The molecule has 0 saturated carbocycles. The van der Waals surface area contributed by atoms with Crippen LogP contribution in [0.25, 0.3) is 0 Å². The van der Waals surface area contributed by atoms with Gasteiger partial charge < -0.3 is 4.53 Å². The van der Waals surface area contributed by atoms with Crippen LogP contribution in [0.3, 0.4) is 0 Å². The molecular weight excluding hydrogens is 390 g/mol. The van der Waals surface area contributed by atoms with Gasteiger partial charge in [-0.25, -0.2) is 0 Å². The van der Waals surface area contributed by atoms with E-state index >= 15 is 0 Å². The molecule has 0 atom stereocenters. The van der Waals surface area contributed by atoms with E-state index in [9.17, 15) is 9.59 Å². The number of benzene rings is 3. The van der Waals surface area contributed by atoms with E-state index in [0.717, 1.165) is 15.6 Å². The van der Waals surface area contributed by atoms with E-state index in [4.69, 9.17) is 4.53 Å². The smallest absolute Gasteiger partial charge is 0.380 e. The van der Waals surface area contributed by atoms with Crippen LogP contribution in [0.2, 0.25) is 0 Å². The van der Waals surface area contributed by atoms with Gasteiger partial charge in [0.15, 0.2) is 0 Å². The molecule has 0 amide bonds. The zero-order valence-electron chi connectivity index (χ0n) is 17.2. The van der Waals surface area contributed by atoms with E-state index in [0.29, 0.717) is 5.71 Å². The highest BCUT2D eigenvalue weighted by molar-refractivity contribution is 7.07. The Bertz CT molecular complexity index is 921. The third-order valence-corrected chi connectivity index (χ3v) is 8.58. The van der Waals surface area contributed by atoms with Crippen molar-refractivity contribution in [2.45, 2.75) is 26.7 Å². The summed E-state index contributed by atoms with van der Waals surface area (Å²) in [5, 5.41) is 7.61. The maximum atomic E-state index is 12.1. The van der Waals surface area contributed by atoms with E-state index in [1.165, 1.54) is 6.92 Å². The summed E-state index contributed by atoms with van der Waals surface area (Å²) in [6.45, 7) is 3.18. The van der Waals surface area contributed by atoms with Crippen LogP contribution in [-0.2, 0) is 14.1 Å². The fourth-order valence-corrected chi connectivity index (χ4v) is 7.08. The van der Waals surface area contributed by atoms with Gasteiger partial charge in [0.1, 0.15) is 11.6 Å². The zero-order chi connectivity index (χ0) is 21.4. The van der Waals surface area contributed by atoms with Gasteiger partial charge in [-0.15, -0.1) is 5.16 Å². The lowest BCUT2D eigenvalue weighted by Crippen LogP contribution is -2.68. The van der Waals surface area contributed by atoms with Crippen molar-refractivity contribution in [2.24, 2.45) is 5.16 Å². The molecule has 0 aromatic heterocycles. The maximum Gasteiger partial charge on any atom is 0.380 e. The van der Waals surface area contributed by atoms with Gasteiger partial charge in [-0.3, -0.25) is 9.59 Å². The molecule has 0 heterocycles.